The molecular formula is C18H27N5O. The van der Waals surface area contributed by atoms with Crippen LogP contribution in [0.15, 0.2) is 47.7 Å². The Hall–Kier alpha value is -2.34. The summed E-state index contributed by atoms with van der Waals surface area (Å²) < 4.78 is 7.11. The number of hydrogen-bond acceptors (Lipinski definition) is 3. The van der Waals surface area contributed by atoms with Crippen molar-refractivity contribution in [2.24, 2.45) is 4.99 Å². The molecule has 2 N–H and O–H groups in total. The number of rotatable bonds is 9. The third-order valence-corrected chi connectivity index (χ3v) is 3.48. The smallest absolute Gasteiger partial charge is 0.191 e. The standard InChI is InChI=1S/C18H27N5O/c1-3-19-18(20-9-5-11-23-12-6-10-22-23)21-14-16-7-4-8-17(13-16)15-24-2/h4,6-8,10,12-13H,3,5,9,11,14-15H2,1-2H3,(H2,19,20,21). The van der Waals surface area contributed by atoms with Gasteiger partial charge in [-0.2, -0.15) is 5.10 Å². The molecule has 6 heteroatoms. The van der Waals surface area contributed by atoms with Crippen LogP contribution in [-0.4, -0.2) is 35.9 Å². The van der Waals surface area contributed by atoms with Gasteiger partial charge in [0.2, 0.25) is 0 Å². The molecule has 1 heterocycles. The number of nitrogens with zero attached hydrogens (tertiary/aromatic N) is 3. The molecule has 0 aliphatic heterocycles. The van der Waals surface area contributed by atoms with Crippen LogP contribution in [0, 0.1) is 0 Å². The number of aliphatic imine (C=N–C) groups is 1. The predicted octanol–water partition coefficient (Wildman–Crippen LogP) is 2.17. The summed E-state index contributed by atoms with van der Waals surface area (Å²) in [5.74, 6) is 0.843. The monoisotopic (exact) mass is 329 g/mol. The molecule has 0 saturated heterocycles. The highest BCUT2D eigenvalue weighted by Gasteiger charge is 1.99. The van der Waals surface area contributed by atoms with Crippen molar-refractivity contribution in [1.29, 1.82) is 0 Å². The molecule has 0 fully saturated rings. The Balaban J connectivity index is 1.82. The molecule has 0 radical (unpaired) electrons. The normalized spacial score (nSPS) is 11.5. The van der Waals surface area contributed by atoms with Gasteiger partial charge < -0.3 is 15.4 Å². The van der Waals surface area contributed by atoms with Crippen molar-refractivity contribution in [1.82, 2.24) is 20.4 Å². The molecule has 0 aliphatic rings. The molecule has 0 saturated carbocycles. The Morgan fingerprint density at radius 3 is 2.88 bits per heavy atom. The maximum Gasteiger partial charge on any atom is 0.191 e. The maximum absolute atomic E-state index is 5.18. The number of guanidine groups is 1. The van der Waals surface area contributed by atoms with Crippen LogP contribution in [0.3, 0.4) is 0 Å². The highest BCUT2D eigenvalue weighted by molar-refractivity contribution is 5.79. The fourth-order valence-electron chi connectivity index (χ4n) is 2.38. The Bertz CT molecular complexity index is 610. The Kier molecular flexibility index (Phi) is 7.83. The first kappa shape index (κ1) is 18.0. The van der Waals surface area contributed by atoms with Crippen LogP contribution in [0.1, 0.15) is 24.5 Å². The molecule has 0 amide bonds. The molecule has 0 bridgehead atoms. The van der Waals surface area contributed by atoms with E-state index in [4.69, 9.17) is 4.74 Å². The first-order chi connectivity index (χ1) is 11.8. The zero-order valence-electron chi connectivity index (χ0n) is 14.5. The topological polar surface area (TPSA) is 63.5 Å². The molecule has 0 aliphatic carbocycles. The lowest BCUT2D eigenvalue weighted by Crippen LogP contribution is -2.38. The first-order valence-electron chi connectivity index (χ1n) is 8.38. The minimum Gasteiger partial charge on any atom is -0.380 e. The lowest BCUT2D eigenvalue weighted by molar-refractivity contribution is 0.185. The minimum atomic E-state index is 0.628. The number of benzene rings is 1. The second-order valence-electron chi connectivity index (χ2n) is 5.50. The van der Waals surface area contributed by atoms with Crippen molar-refractivity contribution in [2.75, 3.05) is 20.2 Å². The second-order valence-corrected chi connectivity index (χ2v) is 5.50. The Morgan fingerprint density at radius 2 is 2.12 bits per heavy atom. The summed E-state index contributed by atoms with van der Waals surface area (Å²) in [5.41, 5.74) is 2.35. The fourth-order valence-corrected chi connectivity index (χ4v) is 2.38. The summed E-state index contributed by atoms with van der Waals surface area (Å²) in [7, 11) is 1.71. The van der Waals surface area contributed by atoms with E-state index in [2.05, 4.69) is 45.8 Å². The van der Waals surface area contributed by atoms with Gasteiger partial charge in [-0.1, -0.05) is 24.3 Å². The van der Waals surface area contributed by atoms with Gasteiger partial charge in [0, 0.05) is 39.1 Å². The van der Waals surface area contributed by atoms with Crippen molar-refractivity contribution >= 4 is 5.96 Å². The van der Waals surface area contributed by atoms with Crippen LogP contribution in [0.2, 0.25) is 0 Å². The van der Waals surface area contributed by atoms with Crippen molar-refractivity contribution in [3.8, 4) is 0 Å². The van der Waals surface area contributed by atoms with Crippen molar-refractivity contribution in [3.63, 3.8) is 0 Å². The molecule has 2 rings (SSSR count). The average Bonchev–Trinajstić information content (AvgIpc) is 3.10. The molecular weight excluding hydrogens is 302 g/mol. The Labute approximate surface area is 143 Å². The maximum atomic E-state index is 5.18. The van der Waals surface area contributed by atoms with Crippen LogP contribution in [0.5, 0.6) is 0 Å². The van der Waals surface area contributed by atoms with Crippen LogP contribution < -0.4 is 10.6 Å². The molecule has 0 unspecified atom stereocenters. The molecule has 6 nitrogen and oxygen atoms in total. The molecule has 1 aromatic carbocycles. The molecule has 0 atom stereocenters. The zero-order valence-corrected chi connectivity index (χ0v) is 14.5. The van der Waals surface area contributed by atoms with E-state index in [1.54, 1.807) is 13.3 Å². The highest BCUT2D eigenvalue weighted by atomic mass is 16.5. The van der Waals surface area contributed by atoms with E-state index in [1.165, 1.54) is 11.1 Å². The summed E-state index contributed by atoms with van der Waals surface area (Å²) in [6.07, 6.45) is 4.78. The number of aromatic nitrogens is 2. The first-order valence-corrected chi connectivity index (χ1v) is 8.38. The van der Waals surface area contributed by atoms with Crippen LogP contribution >= 0.6 is 0 Å². The summed E-state index contributed by atoms with van der Waals surface area (Å²) in [4.78, 5) is 4.65. The van der Waals surface area contributed by atoms with Gasteiger partial charge in [-0.05, 0) is 30.5 Å². The van der Waals surface area contributed by atoms with Crippen LogP contribution in [-0.2, 0) is 24.4 Å². The van der Waals surface area contributed by atoms with Gasteiger partial charge in [0.05, 0.1) is 13.2 Å². The van der Waals surface area contributed by atoms with Crippen LogP contribution in [0.25, 0.3) is 0 Å². The lowest BCUT2D eigenvalue weighted by atomic mass is 10.1. The van der Waals surface area contributed by atoms with Gasteiger partial charge in [0.25, 0.3) is 0 Å². The molecule has 130 valence electrons. The number of ether oxygens (including phenoxy) is 1. The number of methoxy groups -OCH3 is 1. The summed E-state index contributed by atoms with van der Waals surface area (Å²) in [6, 6.07) is 10.3. The quantitative estimate of drug-likeness (QED) is 0.420. The van der Waals surface area contributed by atoms with E-state index in [1.807, 2.05) is 23.0 Å². The van der Waals surface area contributed by atoms with Gasteiger partial charge in [-0.3, -0.25) is 4.68 Å². The number of hydrogen-bond donors (Lipinski definition) is 2. The number of nitrogens with one attached hydrogen (secondary N) is 2. The largest absolute Gasteiger partial charge is 0.380 e. The zero-order chi connectivity index (χ0) is 17.0. The molecule has 1 aromatic heterocycles. The van der Waals surface area contributed by atoms with E-state index < -0.39 is 0 Å². The predicted molar refractivity (Wildman–Crippen MR) is 96.8 cm³/mol. The van der Waals surface area contributed by atoms with Gasteiger partial charge in [-0.15, -0.1) is 0 Å². The summed E-state index contributed by atoms with van der Waals surface area (Å²) in [5, 5.41) is 10.8. The van der Waals surface area contributed by atoms with Crippen molar-refractivity contribution in [2.45, 2.75) is 33.0 Å². The molecule has 24 heavy (non-hydrogen) atoms. The van der Waals surface area contributed by atoms with E-state index >= 15 is 0 Å². The third-order valence-electron chi connectivity index (χ3n) is 3.48. The summed E-state index contributed by atoms with van der Waals surface area (Å²) >= 11 is 0. The van der Waals surface area contributed by atoms with Crippen LogP contribution in [0.4, 0.5) is 0 Å². The average molecular weight is 329 g/mol. The number of aryl methyl sites for hydroxylation is 1. The van der Waals surface area contributed by atoms with Gasteiger partial charge in [0.1, 0.15) is 0 Å². The van der Waals surface area contributed by atoms with Gasteiger partial charge >= 0.3 is 0 Å². The highest BCUT2D eigenvalue weighted by Crippen LogP contribution is 2.07. The molecule has 0 spiro atoms. The fraction of sp³-hybridized carbons (Fsp3) is 0.444. The lowest BCUT2D eigenvalue weighted by Gasteiger charge is -2.11. The second kappa shape index (κ2) is 10.4. The van der Waals surface area contributed by atoms with Gasteiger partial charge in [0.15, 0.2) is 5.96 Å². The summed E-state index contributed by atoms with van der Waals surface area (Å²) in [6.45, 7) is 5.94. The van der Waals surface area contributed by atoms with Crippen molar-refractivity contribution in [3.05, 3.63) is 53.9 Å². The van der Waals surface area contributed by atoms with Gasteiger partial charge in [-0.25, -0.2) is 4.99 Å². The Morgan fingerprint density at radius 1 is 1.25 bits per heavy atom. The molecule has 2 aromatic rings. The van der Waals surface area contributed by atoms with E-state index in [-0.39, 0.29) is 0 Å². The van der Waals surface area contributed by atoms with E-state index in [0.29, 0.717) is 13.2 Å². The minimum absolute atomic E-state index is 0.628. The van der Waals surface area contributed by atoms with E-state index in [9.17, 15) is 0 Å². The third kappa shape index (κ3) is 6.42. The van der Waals surface area contributed by atoms with E-state index in [0.717, 1.165) is 32.0 Å². The SMILES string of the molecule is CCNC(=NCc1cccc(COC)c1)NCCCn1cccn1. The van der Waals surface area contributed by atoms with Crippen molar-refractivity contribution < 1.29 is 4.74 Å².